The molecule has 6 heteroatoms. The molecule has 2 aromatic rings. The first-order valence-corrected chi connectivity index (χ1v) is 11.2. The minimum Gasteiger partial charge on any atom is -0.494 e. The van der Waals surface area contributed by atoms with Gasteiger partial charge in [-0.3, -0.25) is 14.5 Å². The second-order valence-corrected chi connectivity index (χ2v) is 7.78. The van der Waals surface area contributed by atoms with Crippen LogP contribution in [0.25, 0.3) is 0 Å². The molecule has 0 bridgehead atoms. The van der Waals surface area contributed by atoms with Crippen LogP contribution >= 0.6 is 0 Å². The van der Waals surface area contributed by atoms with Crippen LogP contribution < -0.4 is 15.0 Å². The van der Waals surface area contributed by atoms with Gasteiger partial charge in [-0.25, -0.2) is 0 Å². The van der Waals surface area contributed by atoms with Crippen LogP contribution in [0.3, 0.4) is 0 Å². The second kappa shape index (κ2) is 11.0. The molecule has 1 aliphatic heterocycles. The second-order valence-electron chi connectivity index (χ2n) is 7.78. The lowest BCUT2D eigenvalue weighted by molar-refractivity contribution is -0.126. The lowest BCUT2D eigenvalue weighted by Crippen LogP contribution is -2.33. The fraction of sp³-hybridized carbons (Fsp3) is 0.440. The first kappa shape index (κ1) is 22.8. The predicted molar refractivity (Wildman–Crippen MR) is 123 cm³/mol. The number of carbonyl (C=O) groups is 2. The van der Waals surface area contributed by atoms with Crippen LogP contribution in [-0.2, 0) is 22.7 Å². The van der Waals surface area contributed by atoms with Crippen LogP contribution in [0.4, 0.5) is 5.69 Å². The van der Waals surface area contributed by atoms with Gasteiger partial charge in [0.1, 0.15) is 5.75 Å². The maximum absolute atomic E-state index is 12.8. The van der Waals surface area contributed by atoms with Crippen molar-refractivity contribution in [2.45, 2.75) is 40.3 Å². The van der Waals surface area contributed by atoms with Gasteiger partial charge in [-0.05, 0) is 55.4 Å². The van der Waals surface area contributed by atoms with Gasteiger partial charge in [-0.15, -0.1) is 0 Å². The number of ether oxygens (including phenoxy) is 1. The number of hydrogen-bond donors (Lipinski definition) is 1. The highest BCUT2D eigenvalue weighted by Crippen LogP contribution is 2.27. The standard InChI is InChI=1S/C25H33N3O3/c1-4-27(5-2)17-20-10-8-7-9-19(20)16-26-25(30)21-15-24(29)28(18-21)22-11-13-23(14-12-22)31-6-3/h7-14,21H,4-6,15-18H2,1-3H3,(H,26,30)/t21-/m1/s1. The third kappa shape index (κ3) is 5.85. The zero-order valence-corrected chi connectivity index (χ0v) is 18.8. The molecule has 1 aliphatic rings. The summed E-state index contributed by atoms with van der Waals surface area (Å²) in [7, 11) is 0. The number of carbonyl (C=O) groups excluding carboxylic acids is 2. The molecule has 3 rings (SSSR count). The maximum atomic E-state index is 12.8. The molecule has 0 saturated carbocycles. The molecule has 0 unspecified atom stereocenters. The van der Waals surface area contributed by atoms with Gasteiger partial charge in [0.15, 0.2) is 0 Å². The van der Waals surface area contributed by atoms with Crippen LogP contribution in [0.15, 0.2) is 48.5 Å². The van der Waals surface area contributed by atoms with Crippen molar-refractivity contribution in [1.29, 1.82) is 0 Å². The minimum atomic E-state index is -0.339. The average Bonchev–Trinajstić information content (AvgIpc) is 3.19. The average molecular weight is 424 g/mol. The van der Waals surface area contributed by atoms with Crippen molar-refractivity contribution < 1.29 is 14.3 Å². The van der Waals surface area contributed by atoms with Crippen molar-refractivity contribution in [3.05, 3.63) is 59.7 Å². The zero-order valence-electron chi connectivity index (χ0n) is 18.8. The van der Waals surface area contributed by atoms with Gasteiger partial charge < -0.3 is 15.0 Å². The largest absolute Gasteiger partial charge is 0.494 e. The fourth-order valence-corrected chi connectivity index (χ4v) is 3.92. The van der Waals surface area contributed by atoms with Gasteiger partial charge in [0, 0.05) is 31.7 Å². The molecular weight excluding hydrogens is 390 g/mol. The Labute approximate surface area is 185 Å². The van der Waals surface area contributed by atoms with Crippen LogP contribution in [-0.4, -0.2) is 43.0 Å². The minimum absolute atomic E-state index is 0.0220. The highest BCUT2D eigenvalue weighted by Gasteiger charge is 2.35. The number of amides is 2. The van der Waals surface area contributed by atoms with Crippen LogP contribution in [0.2, 0.25) is 0 Å². The molecule has 0 aromatic heterocycles. The van der Waals surface area contributed by atoms with E-state index in [2.05, 4.69) is 36.2 Å². The number of anilines is 1. The topological polar surface area (TPSA) is 61.9 Å². The number of nitrogens with zero attached hydrogens (tertiary/aromatic N) is 2. The summed E-state index contributed by atoms with van der Waals surface area (Å²) >= 11 is 0. The van der Waals surface area contributed by atoms with Crippen molar-refractivity contribution in [3.63, 3.8) is 0 Å². The Hall–Kier alpha value is -2.86. The molecule has 2 aromatic carbocycles. The fourth-order valence-electron chi connectivity index (χ4n) is 3.92. The molecule has 1 saturated heterocycles. The van der Waals surface area contributed by atoms with E-state index in [1.807, 2.05) is 43.3 Å². The van der Waals surface area contributed by atoms with Gasteiger partial charge >= 0.3 is 0 Å². The van der Waals surface area contributed by atoms with E-state index in [0.29, 0.717) is 19.7 Å². The Kier molecular flexibility index (Phi) is 8.06. The highest BCUT2D eigenvalue weighted by atomic mass is 16.5. The van der Waals surface area contributed by atoms with E-state index >= 15 is 0 Å². The van der Waals surface area contributed by atoms with E-state index in [-0.39, 0.29) is 24.2 Å². The van der Waals surface area contributed by atoms with Crippen molar-refractivity contribution >= 4 is 17.5 Å². The summed E-state index contributed by atoms with van der Waals surface area (Å²) in [4.78, 5) is 29.4. The zero-order chi connectivity index (χ0) is 22.2. The maximum Gasteiger partial charge on any atom is 0.227 e. The Morgan fingerprint density at radius 2 is 1.74 bits per heavy atom. The van der Waals surface area contributed by atoms with Crippen LogP contribution in [0, 0.1) is 5.92 Å². The van der Waals surface area contributed by atoms with Gasteiger partial charge in [-0.2, -0.15) is 0 Å². The molecule has 6 nitrogen and oxygen atoms in total. The van der Waals surface area contributed by atoms with Gasteiger partial charge in [-0.1, -0.05) is 38.1 Å². The molecule has 0 radical (unpaired) electrons. The van der Waals surface area contributed by atoms with Crippen molar-refractivity contribution in [2.24, 2.45) is 5.92 Å². The van der Waals surface area contributed by atoms with Crippen molar-refractivity contribution in [2.75, 3.05) is 31.1 Å². The Morgan fingerprint density at radius 1 is 1.06 bits per heavy atom. The Balaban J connectivity index is 1.59. The first-order valence-electron chi connectivity index (χ1n) is 11.2. The Morgan fingerprint density at radius 3 is 2.39 bits per heavy atom. The first-order chi connectivity index (χ1) is 15.0. The molecule has 166 valence electrons. The molecule has 1 heterocycles. The van der Waals surface area contributed by atoms with E-state index in [9.17, 15) is 9.59 Å². The molecular formula is C25H33N3O3. The van der Waals surface area contributed by atoms with Crippen LogP contribution in [0.5, 0.6) is 5.75 Å². The van der Waals surface area contributed by atoms with Gasteiger partial charge in [0.05, 0.1) is 12.5 Å². The van der Waals surface area contributed by atoms with E-state index in [4.69, 9.17) is 4.74 Å². The molecule has 1 N–H and O–H groups in total. The van der Waals surface area contributed by atoms with E-state index in [1.54, 1.807) is 4.90 Å². The quantitative estimate of drug-likeness (QED) is 0.634. The van der Waals surface area contributed by atoms with Crippen molar-refractivity contribution in [3.8, 4) is 5.75 Å². The molecule has 2 amide bonds. The molecule has 1 fully saturated rings. The van der Waals surface area contributed by atoms with Crippen molar-refractivity contribution in [1.82, 2.24) is 10.2 Å². The monoisotopic (exact) mass is 423 g/mol. The van der Waals surface area contributed by atoms with E-state index < -0.39 is 0 Å². The number of hydrogen-bond acceptors (Lipinski definition) is 4. The third-order valence-electron chi connectivity index (χ3n) is 5.82. The lowest BCUT2D eigenvalue weighted by Gasteiger charge is -2.20. The molecule has 0 spiro atoms. The summed E-state index contributed by atoms with van der Waals surface area (Å²) in [5.74, 6) is 0.343. The highest BCUT2D eigenvalue weighted by molar-refractivity contribution is 6.00. The summed E-state index contributed by atoms with van der Waals surface area (Å²) in [6.45, 7) is 10.6. The summed E-state index contributed by atoms with van der Waals surface area (Å²) < 4.78 is 5.46. The summed E-state index contributed by atoms with van der Waals surface area (Å²) in [5.41, 5.74) is 3.15. The summed E-state index contributed by atoms with van der Waals surface area (Å²) in [6.07, 6.45) is 0.236. The normalized spacial score (nSPS) is 16.1. The number of rotatable bonds is 10. The van der Waals surface area contributed by atoms with Gasteiger partial charge in [0.25, 0.3) is 0 Å². The number of benzene rings is 2. The Bertz CT molecular complexity index is 878. The SMILES string of the molecule is CCOc1ccc(N2C[C@H](C(=O)NCc3ccccc3CN(CC)CC)CC2=O)cc1. The predicted octanol–water partition coefficient (Wildman–Crippen LogP) is 3.60. The molecule has 1 atom stereocenters. The van der Waals surface area contributed by atoms with Crippen LogP contribution in [0.1, 0.15) is 38.3 Å². The van der Waals surface area contributed by atoms with E-state index in [0.717, 1.165) is 36.6 Å². The summed E-state index contributed by atoms with van der Waals surface area (Å²) in [5, 5.41) is 3.05. The van der Waals surface area contributed by atoms with E-state index in [1.165, 1.54) is 5.56 Å². The summed E-state index contributed by atoms with van der Waals surface area (Å²) in [6, 6.07) is 15.7. The third-order valence-corrected chi connectivity index (χ3v) is 5.82. The number of nitrogens with one attached hydrogen (secondary N) is 1. The lowest BCUT2D eigenvalue weighted by atomic mass is 10.1. The molecule has 31 heavy (non-hydrogen) atoms. The van der Waals surface area contributed by atoms with Gasteiger partial charge in [0.2, 0.25) is 11.8 Å². The smallest absolute Gasteiger partial charge is 0.227 e. The molecule has 0 aliphatic carbocycles.